The maximum absolute atomic E-state index is 3.84. The third-order valence-electron chi connectivity index (χ3n) is 1.88. The van der Waals surface area contributed by atoms with Crippen molar-refractivity contribution in [3.63, 3.8) is 0 Å². The van der Waals surface area contributed by atoms with Gasteiger partial charge in [0.05, 0.1) is 0 Å². The molecule has 0 fully saturated rings. The fraction of sp³-hybridized carbons (Fsp3) is 0.273. The highest BCUT2D eigenvalue weighted by atomic mass is 79.9. The first-order chi connectivity index (χ1) is 5.74. The molecule has 0 nitrogen and oxygen atoms in total. The Bertz CT molecular complexity index is 276. The number of hydrogen-bond acceptors (Lipinski definition) is 0. The first-order valence-corrected chi connectivity index (χ1v) is 4.93. The zero-order valence-corrected chi connectivity index (χ0v) is 8.89. The van der Waals surface area contributed by atoms with Gasteiger partial charge in [0.1, 0.15) is 0 Å². The Morgan fingerprint density at radius 3 is 2.42 bits per heavy atom. The van der Waals surface area contributed by atoms with Crippen molar-refractivity contribution in [3.05, 3.63) is 46.5 Å². The molecule has 0 aliphatic carbocycles. The average Bonchev–Trinajstić information content (AvgIpc) is 2.04. The first-order valence-electron chi connectivity index (χ1n) is 4.14. The van der Waals surface area contributed by atoms with Gasteiger partial charge in [-0.25, -0.2) is 0 Å². The van der Waals surface area contributed by atoms with Gasteiger partial charge in [-0.1, -0.05) is 53.7 Å². The summed E-state index contributed by atoms with van der Waals surface area (Å²) in [4.78, 5) is 0. The standard InChI is InChI=1S/C11H13Br/c1-3-10-6-4-5-7-11(10)8-9(2)12/h4-7H,2-3,8H2,1H3. The predicted molar refractivity (Wildman–Crippen MR) is 57.6 cm³/mol. The van der Waals surface area contributed by atoms with Gasteiger partial charge in [-0.05, 0) is 22.0 Å². The van der Waals surface area contributed by atoms with E-state index in [1.807, 2.05) is 0 Å². The van der Waals surface area contributed by atoms with Crippen LogP contribution < -0.4 is 0 Å². The maximum Gasteiger partial charge on any atom is 0.00374 e. The lowest BCUT2D eigenvalue weighted by Gasteiger charge is -2.05. The molecule has 0 amide bonds. The quantitative estimate of drug-likeness (QED) is 0.735. The molecule has 1 heteroatoms. The molecular formula is C11H13Br. The summed E-state index contributed by atoms with van der Waals surface area (Å²) in [6, 6.07) is 8.49. The summed E-state index contributed by atoms with van der Waals surface area (Å²) in [5, 5.41) is 0. The van der Waals surface area contributed by atoms with Crippen molar-refractivity contribution in [2.24, 2.45) is 0 Å². The molecule has 0 bridgehead atoms. The SMILES string of the molecule is C=C(Br)Cc1ccccc1CC. The lowest BCUT2D eigenvalue weighted by molar-refractivity contribution is 1.08. The normalized spacial score (nSPS) is 9.83. The number of allylic oxidation sites excluding steroid dienone is 1. The van der Waals surface area contributed by atoms with Crippen molar-refractivity contribution in [2.75, 3.05) is 0 Å². The third-order valence-corrected chi connectivity index (χ3v) is 2.16. The van der Waals surface area contributed by atoms with Gasteiger partial charge in [0.2, 0.25) is 0 Å². The fourth-order valence-corrected chi connectivity index (χ4v) is 1.58. The molecule has 0 radical (unpaired) electrons. The smallest absolute Gasteiger partial charge is 0.00374 e. The van der Waals surface area contributed by atoms with Crippen molar-refractivity contribution in [3.8, 4) is 0 Å². The Balaban J connectivity index is 2.89. The Hall–Kier alpha value is -0.560. The van der Waals surface area contributed by atoms with Crippen LogP contribution in [0, 0.1) is 0 Å². The van der Waals surface area contributed by atoms with Crippen LogP contribution in [0.3, 0.4) is 0 Å². The Labute approximate surface area is 82.4 Å². The van der Waals surface area contributed by atoms with Crippen LogP contribution >= 0.6 is 15.9 Å². The van der Waals surface area contributed by atoms with Gasteiger partial charge < -0.3 is 0 Å². The van der Waals surface area contributed by atoms with E-state index in [2.05, 4.69) is 53.7 Å². The molecule has 0 aliphatic rings. The summed E-state index contributed by atoms with van der Waals surface area (Å²) in [5.41, 5.74) is 2.79. The minimum atomic E-state index is 0.935. The largest absolute Gasteiger partial charge is 0.0885 e. The molecule has 0 atom stereocenters. The van der Waals surface area contributed by atoms with Crippen molar-refractivity contribution in [1.82, 2.24) is 0 Å². The number of halogens is 1. The molecular weight excluding hydrogens is 212 g/mol. The molecule has 0 unspecified atom stereocenters. The zero-order valence-electron chi connectivity index (χ0n) is 7.31. The van der Waals surface area contributed by atoms with Gasteiger partial charge in [0.15, 0.2) is 0 Å². The van der Waals surface area contributed by atoms with Crippen molar-refractivity contribution >= 4 is 15.9 Å². The van der Waals surface area contributed by atoms with Gasteiger partial charge in [0, 0.05) is 6.42 Å². The minimum Gasteiger partial charge on any atom is -0.0885 e. The van der Waals surface area contributed by atoms with Crippen LogP contribution in [0.4, 0.5) is 0 Å². The number of benzene rings is 1. The van der Waals surface area contributed by atoms with E-state index in [1.54, 1.807) is 0 Å². The van der Waals surface area contributed by atoms with Crippen LogP contribution in [-0.2, 0) is 12.8 Å². The molecule has 0 aromatic heterocycles. The fourth-order valence-electron chi connectivity index (χ4n) is 1.28. The van der Waals surface area contributed by atoms with Gasteiger partial charge >= 0.3 is 0 Å². The summed E-state index contributed by atoms with van der Waals surface area (Å²) in [5.74, 6) is 0. The molecule has 0 saturated heterocycles. The molecule has 0 spiro atoms. The topological polar surface area (TPSA) is 0 Å². The average molecular weight is 225 g/mol. The van der Waals surface area contributed by atoms with E-state index in [9.17, 15) is 0 Å². The third kappa shape index (κ3) is 2.49. The number of rotatable bonds is 3. The second-order valence-electron chi connectivity index (χ2n) is 2.82. The minimum absolute atomic E-state index is 0.935. The van der Waals surface area contributed by atoms with Crippen molar-refractivity contribution in [1.29, 1.82) is 0 Å². The molecule has 0 N–H and O–H groups in total. The van der Waals surface area contributed by atoms with Crippen LogP contribution in [0.5, 0.6) is 0 Å². The summed E-state index contributed by atoms with van der Waals surface area (Å²) in [7, 11) is 0. The molecule has 1 aromatic carbocycles. The molecule has 64 valence electrons. The molecule has 12 heavy (non-hydrogen) atoms. The van der Waals surface area contributed by atoms with Crippen LogP contribution in [-0.4, -0.2) is 0 Å². The molecule has 0 aliphatic heterocycles. The van der Waals surface area contributed by atoms with E-state index < -0.39 is 0 Å². The summed E-state index contributed by atoms with van der Waals surface area (Å²) >= 11 is 3.38. The van der Waals surface area contributed by atoms with E-state index in [1.165, 1.54) is 11.1 Å². The van der Waals surface area contributed by atoms with E-state index in [0.29, 0.717) is 0 Å². The number of aryl methyl sites for hydroxylation is 1. The first kappa shape index (κ1) is 9.53. The highest BCUT2D eigenvalue weighted by Crippen LogP contribution is 2.16. The van der Waals surface area contributed by atoms with Gasteiger partial charge in [-0.3, -0.25) is 0 Å². The monoisotopic (exact) mass is 224 g/mol. The maximum atomic E-state index is 3.84. The Morgan fingerprint density at radius 1 is 1.33 bits per heavy atom. The highest BCUT2D eigenvalue weighted by molar-refractivity contribution is 9.11. The van der Waals surface area contributed by atoms with E-state index in [-0.39, 0.29) is 0 Å². The van der Waals surface area contributed by atoms with Crippen LogP contribution in [0.2, 0.25) is 0 Å². The van der Waals surface area contributed by atoms with Crippen molar-refractivity contribution in [2.45, 2.75) is 19.8 Å². The van der Waals surface area contributed by atoms with Gasteiger partial charge in [0.25, 0.3) is 0 Å². The molecule has 0 saturated carbocycles. The van der Waals surface area contributed by atoms with E-state index >= 15 is 0 Å². The van der Waals surface area contributed by atoms with Gasteiger partial charge in [-0.15, -0.1) is 0 Å². The van der Waals surface area contributed by atoms with Crippen LogP contribution in [0.1, 0.15) is 18.1 Å². The molecule has 1 rings (SSSR count). The van der Waals surface area contributed by atoms with Crippen LogP contribution in [0.15, 0.2) is 35.3 Å². The Morgan fingerprint density at radius 2 is 1.92 bits per heavy atom. The molecule has 1 aromatic rings. The lowest BCUT2D eigenvalue weighted by Crippen LogP contribution is -1.91. The van der Waals surface area contributed by atoms with Crippen molar-refractivity contribution < 1.29 is 0 Å². The molecule has 0 heterocycles. The summed E-state index contributed by atoms with van der Waals surface area (Å²) < 4.78 is 1.04. The van der Waals surface area contributed by atoms with E-state index in [4.69, 9.17) is 0 Å². The Kier molecular flexibility index (Phi) is 3.54. The number of hydrogen-bond donors (Lipinski definition) is 0. The van der Waals surface area contributed by atoms with Crippen LogP contribution in [0.25, 0.3) is 0 Å². The second kappa shape index (κ2) is 4.46. The summed E-state index contributed by atoms with van der Waals surface area (Å²) in [6.07, 6.45) is 2.03. The second-order valence-corrected chi connectivity index (χ2v) is 3.94. The van der Waals surface area contributed by atoms with E-state index in [0.717, 1.165) is 17.3 Å². The zero-order chi connectivity index (χ0) is 8.97. The lowest BCUT2D eigenvalue weighted by atomic mass is 10.0. The summed E-state index contributed by atoms with van der Waals surface area (Å²) in [6.45, 7) is 6.02. The predicted octanol–water partition coefficient (Wildman–Crippen LogP) is 3.70. The van der Waals surface area contributed by atoms with Gasteiger partial charge in [-0.2, -0.15) is 0 Å². The highest BCUT2D eigenvalue weighted by Gasteiger charge is 1.99.